The molecule has 9 heteroatoms. The Morgan fingerprint density at radius 3 is 2.47 bits per heavy atom. The minimum Gasteiger partial charge on any atom is -0.481 e. The average molecular weight is 462 g/mol. The van der Waals surface area contributed by atoms with Gasteiger partial charge in [-0.15, -0.1) is 0 Å². The second-order valence-corrected chi connectivity index (χ2v) is 7.94. The topological polar surface area (TPSA) is 123 Å². The van der Waals surface area contributed by atoms with E-state index in [1.807, 2.05) is 30.3 Å². The van der Waals surface area contributed by atoms with Gasteiger partial charge in [-0.2, -0.15) is 4.98 Å². The summed E-state index contributed by atoms with van der Waals surface area (Å²) in [6.45, 7) is 2.08. The Hall–Kier alpha value is -4.01. The van der Waals surface area contributed by atoms with Gasteiger partial charge < -0.3 is 19.6 Å². The highest BCUT2D eigenvalue weighted by Gasteiger charge is 2.13. The van der Waals surface area contributed by atoms with Crippen molar-refractivity contribution in [3.63, 3.8) is 0 Å². The molecule has 4 aromatic rings. The number of aromatic amines is 1. The van der Waals surface area contributed by atoms with Crippen LogP contribution in [0.2, 0.25) is 0 Å². The van der Waals surface area contributed by atoms with Crippen LogP contribution in [0.5, 0.6) is 11.8 Å². The molecule has 2 N–H and O–H groups in total. The fourth-order valence-corrected chi connectivity index (χ4v) is 3.67. The van der Waals surface area contributed by atoms with E-state index >= 15 is 0 Å². The van der Waals surface area contributed by atoms with E-state index < -0.39 is 5.97 Å². The molecule has 0 unspecified atom stereocenters. The Morgan fingerprint density at radius 2 is 1.79 bits per heavy atom. The lowest BCUT2D eigenvalue weighted by Crippen LogP contribution is -2.17. The molecule has 0 aromatic carbocycles. The van der Waals surface area contributed by atoms with E-state index in [9.17, 15) is 4.79 Å². The molecule has 0 amide bonds. The summed E-state index contributed by atoms with van der Waals surface area (Å²) >= 11 is 0. The molecule has 0 aliphatic heterocycles. The van der Waals surface area contributed by atoms with Crippen molar-refractivity contribution in [3.8, 4) is 34.4 Å². The number of hydrogen-bond donors (Lipinski definition) is 2. The van der Waals surface area contributed by atoms with Gasteiger partial charge in [0, 0.05) is 42.1 Å². The molecule has 0 aliphatic carbocycles. The number of H-pyrrole nitrogens is 1. The minimum absolute atomic E-state index is 0.0432. The van der Waals surface area contributed by atoms with Crippen molar-refractivity contribution in [1.29, 1.82) is 0 Å². The highest BCUT2D eigenvalue weighted by atomic mass is 16.5. The van der Waals surface area contributed by atoms with E-state index in [2.05, 4.69) is 31.8 Å². The summed E-state index contributed by atoms with van der Waals surface area (Å²) in [4.78, 5) is 31.9. The number of aromatic nitrogens is 5. The quantitative estimate of drug-likeness (QED) is 0.323. The lowest BCUT2D eigenvalue weighted by molar-refractivity contribution is -0.137. The molecule has 9 nitrogen and oxygen atoms in total. The number of fused-ring (bicyclic) bond motifs is 1. The third-order valence-corrected chi connectivity index (χ3v) is 5.41. The van der Waals surface area contributed by atoms with E-state index in [1.54, 1.807) is 25.6 Å². The number of ether oxygens (including phenoxy) is 2. The Morgan fingerprint density at radius 1 is 1.00 bits per heavy atom. The van der Waals surface area contributed by atoms with Gasteiger partial charge in [-0.25, -0.2) is 9.97 Å². The monoisotopic (exact) mass is 461 g/mol. The number of aliphatic carboxylic acids is 1. The zero-order valence-corrected chi connectivity index (χ0v) is 19.2. The van der Waals surface area contributed by atoms with Crippen LogP contribution in [0.25, 0.3) is 33.8 Å². The summed E-state index contributed by atoms with van der Waals surface area (Å²) in [6, 6.07) is 11.2. The first-order valence-electron chi connectivity index (χ1n) is 11.3. The second kappa shape index (κ2) is 10.7. The van der Waals surface area contributed by atoms with Crippen LogP contribution < -0.4 is 9.47 Å². The summed E-state index contributed by atoms with van der Waals surface area (Å²) in [5, 5.41) is 8.85. The van der Waals surface area contributed by atoms with Crippen LogP contribution in [0, 0.1) is 0 Å². The largest absolute Gasteiger partial charge is 0.481 e. The van der Waals surface area contributed by atoms with Crippen molar-refractivity contribution in [2.24, 2.45) is 0 Å². The maximum atomic E-state index is 10.8. The van der Waals surface area contributed by atoms with E-state index in [0.29, 0.717) is 36.1 Å². The van der Waals surface area contributed by atoms with E-state index in [0.717, 1.165) is 35.2 Å². The molecule has 0 saturated carbocycles. The number of pyridine rings is 3. The maximum absolute atomic E-state index is 10.8. The fraction of sp³-hybridized carbons (Fsp3) is 0.320. The minimum atomic E-state index is -0.784. The fourth-order valence-electron chi connectivity index (χ4n) is 3.67. The van der Waals surface area contributed by atoms with Crippen molar-refractivity contribution < 1.29 is 19.4 Å². The number of carboxylic acids is 1. The third-order valence-electron chi connectivity index (χ3n) is 5.41. The zero-order valence-electron chi connectivity index (χ0n) is 19.2. The van der Waals surface area contributed by atoms with Crippen LogP contribution in [0.15, 0.2) is 48.8 Å². The molecule has 0 radical (unpaired) electrons. The molecule has 1 atom stereocenters. The summed E-state index contributed by atoms with van der Waals surface area (Å²) in [6.07, 6.45) is 6.69. The molecular weight excluding hydrogens is 434 g/mol. The molecule has 34 heavy (non-hydrogen) atoms. The first kappa shape index (κ1) is 23.2. The summed E-state index contributed by atoms with van der Waals surface area (Å²) in [5.74, 6) is 0.951. The maximum Gasteiger partial charge on any atom is 0.303 e. The molecular formula is C25H27N5O4. The second-order valence-electron chi connectivity index (χ2n) is 7.94. The van der Waals surface area contributed by atoms with Gasteiger partial charge in [0.05, 0.1) is 12.8 Å². The zero-order chi connectivity index (χ0) is 23.9. The molecule has 0 bridgehead atoms. The SMILES string of the molecule is CCC[C@H](CCCC(=O)O)Oc1ccc(-c2ccc(-c3nc4ccc(OC)nc4[nH]3)cn2)cn1. The first-order valence-corrected chi connectivity index (χ1v) is 11.3. The van der Waals surface area contributed by atoms with Crippen LogP contribution in [0.1, 0.15) is 39.0 Å². The van der Waals surface area contributed by atoms with Gasteiger partial charge in [-0.05, 0) is 43.5 Å². The van der Waals surface area contributed by atoms with Crippen molar-refractivity contribution in [2.45, 2.75) is 45.1 Å². The Labute approximate surface area is 197 Å². The highest BCUT2D eigenvalue weighted by molar-refractivity contribution is 5.76. The molecule has 0 aliphatic rings. The van der Waals surface area contributed by atoms with Crippen molar-refractivity contribution in [1.82, 2.24) is 24.9 Å². The molecule has 0 saturated heterocycles. The number of methoxy groups -OCH3 is 1. The lowest BCUT2D eigenvalue weighted by atomic mass is 10.1. The van der Waals surface area contributed by atoms with E-state index in [4.69, 9.17) is 14.6 Å². The molecule has 176 valence electrons. The van der Waals surface area contributed by atoms with Gasteiger partial charge in [0.25, 0.3) is 0 Å². The summed E-state index contributed by atoms with van der Waals surface area (Å²) < 4.78 is 11.2. The van der Waals surface area contributed by atoms with Crippen LogP contribution in [-0.2, 0) is 4.79 Å². The van der Waals surface area contributed by atoms with E-state index in [1.165, 1.54) is 0 Å². The van der Waals surface area contributed by atoms with Crippen LogP contribution in [0.4, 0.5) is 0 Å². The summed E-state index contributed by atoms with van der Waals surface area (Å²) in [5.41, 5.74) is 3.90. The number of nitrogens with zero attached hydrogens (tertiary/aromatic N) is 4. The van der Waals surface area contributed by atoms with Crippen molar-refractivity contribution in [2.75, 3.05) is 7.11 Å². The smallest absolute Gasteiger partial charge is 0.303 e. The predicted octanol–water partition coefficient (Wildman–Crippen LogP) is 4.89. The molecule has 0 spiro atoms. The summed E-state index contributed by atoms with van der Waals surface area (Å²) in [7, 11) is 1.58. The van der Waals surface area contributed by atoms with Gasteiger partial charge in [0.1, 0.15) is 17.4 Å². The third kappa shape index (κ3) is 5.67. The standard InChI is InChI=1S/C25H27N5O4/c1-3-5-18(6-4-7-23(31)32)34-21-12-9-16(14-27-21)19-10-8-17(15-26-19)24-28-20-11-13-22(33-2)29-25(20)30-24/h8-15,18H,3-7H2,1-2H3,(H,31,32)(H,28,29,30)/t18-/m1/s1. The van der Waals surface area contributed by atoms with Gasteiger partial charge >= 0.3 is 5.97 Å². The number of nitrogens with one attached hydrogen (secondary N) is 1. The van der Waals surface area contributed by atoms with Gasteiger partial charge in [-0.3, -0.25) is 9.78 Å². The molecule has 4 aromatic heterocycles. The van der Waals surface area contributed by atoms with E-state index in [-0.39, 0.29) is 12.5 Å². The molecule has 0 fully saturated rings. The van der Waals surface area contributed by atoms with Crippen molar-refractivity contribution in [3.05, 3.63) is 48.8 Å². The van der Waals surface area contributed by atoms with Crippen molar-refractivity contribution >= 4 is 17.1 Å². The molecule has 4 heterocycles. The number of rotatable bonds is 11. The van der Waals surface area contributed by atoms with Crippen LogP contribution in [0.3, 0.4) is 0 Å². The predicted molar refractivity (Wildman–Crippen MR) is 128 cm³/mol. The number of imidazole rings is 1. The van der Waals surface area contributed by atoms with Gasteiger partial charge in [-0.1, -0.05) is 13.3 Å². The number of hydrogen-bond acceptors (Lipinski definition) is 7. The Balaban J connectivity index is 1.43. The number of carbonyl (C=O) groups is 1. The van der Waals surface area contributed by atoms with Crippen LogP contribution >= 0.6 is 0 Å². The highest BCUT2D eigenvalue weighted by Crippen LogP contribution is 2.24. The lowest BCUT2D eigenvalue weighted by Gasteiger charge is -2.17. The van der Waals surface area contributed by atoms with Gasteiger partial charge in [0.15, 0.2) is 5.65 Å². The Bertz CT molecular complexity index is 1240. The number of carboxylic acid groups (broad SMARTS) is 1. The first-order chi connectivity index (χ1) is 16.6. The normalized spacial score (nSPS) is 11.9. The van der Waals surface area contributed by atoms with Gasteiger partial charge in [0.2, 0.25) is 11.8 Å². The Kier molecular flexibility index (Phi) is 7.31. The molecule has 4 rings (SSSR count). The van der Waals surface area contributed by atoms with Crippen LogP contribution in [-0.4, -0.2) is 49.2 Å². The average Bonchev–Trinajstić information content (AvgIpc) is 3.28.